The van der Waals surface area contributed by atoms with Crippen LogP contribution in [-0.2, 0) is 57.6 Å². The molecule has 0 aliphatic carbocycles. The molecule has 0 saturated carbocycles. The Morgan fingerprint density at radius 3 is 0.398 bits per heavy atom. The highest BCUT2D eigenvalue weighted by atomic mass is 28.6. The van der Waals surface area contributed by atoms with Gasteiger partial charge in [-0.15, -0.1) is 13.2 Å². The molecule has 0 atom stereocenters. The molecule has 6 heterocycles. The van der Waals surface area contributed by atoms with Crippen LogP contribution in [0.5, 0.6) is 0 Å². The molecule has 6 aliphatic heterocycles. The Balaban J connectivity index is 1.25. The van der Waals surface area contributed by atoms with Gasteiger partial charge >= 0.3 is 87.6 Å². The number of benzene rings is 10. The highest BCUT2D eigenvalue weighted by Crippen LogP contribution is 2.47. The van der Waals surface area contributed by atoms with Crippen LogP contribution in [0.2, 0.25) is 0 Å². The summed E-state index contributed by atoms with van der Waals surface area (Å²) in [6.07, 6.45) is 0. The summed E-state index contributed by atoms with van der Waals surface area (Å²) in [6, 6.07) is 96.2. The first kappa shape index (κ1) is 57.7. The molecule has 436 valence electrons. The van der Waals surface area contributed by atoms with Crippen LogP contribution < -0.4 is 51.9 Å². The third-order valence-corrected chi connectivity index (χ3v) is 58.1. The SMILES string of the molecule is C=C[Si]1(c2ccccc2)O[Si]2(c3ccccc3)O[Si]3(c4ccccc4)O[Si]4(c5ccccc5)O[Si](C=C)(c5ccccc5)O[Si]5(c6ccccc6)O[Si](c6ccccc6)(O[Si](c6ccccc6)(O1)O[Si](c1ccccc1)(O5)O[Si](c1ccccc1)(O2)O4)O3. The summed E-state index contributed by atoms with van der Waals surface area (Å²) in [4.78, 5) is 0. The molecule has 0 aromatic heterocycles. The molecule has 14 nitrogen and oxygen atoms in total. The van der Waals surface area contributed by atoms with E-state index in [-0.39, 0.29) is 0 Å². The van der Waals surface area contributed by atoms with Gasteiger partial charge < -0.3 is 57.6 Å². The molecule has 8 bridgehead atoms. The fourth-order valence-corrected chi connectivity index (χ4v) is 67.4. The van der Waals surface area contributed by atoms with Crippen molar-refractivity contribution in [1.82, 2.24) is 0 Å². The van der Waals surface area contributed by atoms with Crippen molar-refractivity contribution in [1.29, 1.82) is 0 Å². The van der Waals surface area contributed by atoms with Gasteiger partial charge in [0.25, 0.3) is 0 Å². The Hall–Kier alpha value is -6.71. The normalized spacial score (nSPS) is 32.5. The minimum Gasteiger partial charge on any atom is -0.384 e. The van der Waals surface area contributed by atoms with E-state index < -0.39 is 87.6 Å². The van der Waals surface area contributed by atoms with E-state index in [1.165, 1.54) is 0 Å². The maximum absolute atomic E-state index is 8.64. The lowest BCUT2D eigenvalue weighted by molar-refractivity contribution is 0.0281. The van der Waals surface area contributed by atoms with E-state index >= 15 is 0 Å². The van der Waals surface area contributed by atoms with Crippen molar-refractivity contribution in [3.05, 3.63) is 328 Å². The van der Waals surface area contributed by atoms with Gasteiger partial charge in [0.2, 0.25) is 0 Å². The zero-order valence-electron chi connectivity index (χ0n) is 47.2. The maximum Gasteiger partial charge on any atom is 0.515 e. The zero-order valence-corrected chi connectivity index (χ0v) is 57.2. The fraction of sp³-hybridized carbons (Fsp3) is 0. The smallest absolute Gasteiger partial charge is 0.384 e. The lowest BCUT2D eigenvalue weighted by Gasteiger charge is -2.60. The van der Waals surface area contributed by atoms with Crippen LogP contribution >= 0.6 is 0 Å². The molecule has 0 spiro atoms. The largest absolute Gasteiger partial charge is 0.515 e. The van der Waals surface area contributed by atoms with Crippen LogP contribution in [0, 0.1) is 0 Å². The summed E-state index contributed by atoms with van der Waals surface area (Å²) < 4.78 is 120. The van der Waals surface area contributed by atoms with Crippen molar-refractivity contribution in [2.24, 2.45) is 0 Å². The summed E-state index contributed by atoms with van der Waals surface area (Å²) in [5.41, 5.74) is 3.48. The minimum absolute atomic E-state index is 0.451. The molecular formula is C64H56O14Si10. The molecular weight excluding hydrogens is 1270 g/mol. The lowest BCUT2D eigenvalue weighted by atomic mass is 10.4. The number of hydrogen-bond acceptors (Lipinski definition) is 14. The Morgan fingerprint density at radius 2 is 0.273 bits per heavy atom. The molecule has 0 amide bonds. The van der Waals surface area contributed by atoms with Gasteiger partial charge in [0.15, 0.2) is 0 Å². The molecule has 6 saturated heterocycles. The second kappa shape index (κ2) is 22.6. The first-order valence-corrected chi connectivity index (χ1v) is 46.3. The molecule has 24 heteroatoms. The minimum atomic E-state index is -5.33. The quantitative estimate of drug-likeness (QED) is 0.149. The predicted octanol–water partition coefficient (Wildman–Crippen LogP) is 5.20. The van der Waals surface area contributed by atoms with E-state index in [2.05, 4.69) is 0 Å². The first-order valence-electron chi connectivity index (χ1n) is 28.7. The molecule has 16 rings (SSSR count). The van der Waals surface area contributed by atoms with Crippen LogP contribution in [0.4, 0.5) is 0 Å². The highest BCUT2D eigenvalue weighted by Gasteiger charge is 2.84. The van der Waals surface area contributed by atoms with Crippen LogP contribution in [0.1, 0.15) is 0 Å². The van der Waals surface area contributed by atoms with Gasteiger partial charge in [-0.1, -0.05) is 303 Å². The zero-order chi connectivity index (χ0) is 59.4. The Kier molecular flexibility index (Phi) is 14.9. The maximum atomic E-state index is 8.64. The summed E-state index contributed by atoms with van der Waals surface area (Å²) in [6.45, 7) is 9.40. The van der Waals surface area contributed by atoms with Crippen LogP contribution in [0.3, 0.4) is 0 Å². The van der Waals surface area contributed by atoms with Crippen molar-refractivity contribution < 1.29 is 57.6 Å². The third kappa shape index (κ3) is 9.75. The van der Waals surface area contributed by atoms with Crippen LogP contribution in [0.25, 0.3) is 0 Å². The lowest BCUT2D eigenvalue weighted by Crippen LogP contribution is -2.94. The van der Waals surface area contributed by atoms with E-state index in [0.717, 1.165) is 0 Å². The molecule has 10 aromatic rings. The van der Waals surface area contributed by atoms with Crippen molar-refractivity contribution in [2.75, 3.05) is 0 Å². The van der Waals surface area contributed by atoms with Gasteiger partial charge in [0.1, 0.15) is 0 Å². The summed E-state index contributed by atoms with van der Waals surface area (Å²) in [5, 5.41) is 4.97. The monoisotopic (exact) mass is 1330 g/mol. The first-order chi connectivity index (χ1) is 43.1. The number of rotatable bonds is 12. The van der Waals surface area contributed by atoms with Crippen molar-refractivity contribution in [3.63, 3.8) is 0 Å². The van der Waals surface area contributed by atoms with Crippen LogP contribution in [0.15, 0.2) is 328 Å². The van der Waals surface area contributed by atoms with E-state index in [1.54, 1.807) is 11.4 Å². The Labute approximate surface area is 521 Å². The van der Waals surface area contributed by atoms with Gasteiger partial charge in [-0.05, 0) is 21.8 Å². The van der Waals surface area contributed by atoms with Crippen molar-refractivity contribution in [2.45, 2.75) is 0 Å². The second-order valence-electron chi connectivity index (χ2n) is 21.3. The average molecular weight is 1330 g/mol. The molecule has 10 aromatic carbocycles. The van der Waals surface area contributed by atoms with Crippen molar-refractivity contribution in [3.8, 4) is 0 Å². The summed E-state index contributed by atoms with van der Waals surface area (Å²) in [7, 11) is -51.4. The van der Waals surface area contributed by atoms with Crippen molar-refractivity contribution >= 4 is 139 Å². The fourth-order valence-electron chi connectivity index (χ4n) is 11.6. The molecule has 6 aliphatic rings. The van der Waals surface area contributed by atoms with E-state index in [9.17, 15) is 0 Å². The molecule has 0 radical (unpaired) electrons. The molecule has 0 unspecified atom stereocenters. The van der Waals surface area contributed by atoms with E-state index in [0.29, 0.717) is 51.9 Å². The average Bonchev–Trinajstić information content (AvgIpc) is 0.689. The number of fused-ring (bicyclic) bond motifs is 4. The van der Waals surface area contributed by atoms with Gasteiger partial charge in [0.05, 0.1) is 0 Å². The topological polar surface area (TPSA) is 129 Å². The summed E-state index contributed by atoms with van der Waals surface area (Å²) in [5.74, 6) is 0. The van der Waals surface area contributed by atoms with Gasteiger partial charge in [-0.25, -0.2) is 0 Å². The van der Waals surface area contributed by atoms with E-state index in [1.807, 2.05) is 303 Å². The van der Waals surface area contributed by atoms with E-state index in [4.69, 9.17) is 70.8 Å². The second-order valence-corrected chi connectivity index (χ2v) is 50.9. The van der Waals surface area contributed by atoms with Crippen LogP contribution in [-0.4, -0.2) is 87.6 Å². The summed E-state index contributed by atoms with van der Waals surface area (Å²) >= 11 is 0. The third-order valence-electron chi connectivity index (χ3n) is 15.7. The molecule has 6 fully saturated rings. The molecule has 0 N–H and O–H groups in total. The standard InChI is InChI=1S/C64H56O14Si10/c1-3-79(55-35-15-5-16-36-55)65-81(57-39-19-7-20-40-57)69-85(61-47-27-11-28-48-61)73-83(59-43-23-9-24-44-59)67-80(4-2,56-37-17-6-18-38-56)68-84(60-45-25-10-26-46-60)75-87(77-85,63-51-31-13-32-52-63)71-82(66-79,58-41-21-8-22-42-58)72-88(76-84,64-53-33-14-34-54-64)78-86(70-81,74-83)62-49-29-12-30-50-62/h3-54H,1-2H2. The number of hydrogen-bond donors (Lipinski definition) is 0. The molecule has 88 heavy (non-hydrogen) atoms. The predicted molar refractivity (Wildman–Crippen MR) is 354 cm³/mol. The Bertz CT molecular complexity index is 3600. The van der Waals surface area contributed by atoms with Gasteiger partial charge in [-0.2, -0.15) is 0 Å². The van der Waals surface area contributed by atoms with Gasteiger partial charge in [0, 0.05) is 41.5 Å². The van der Waals surface area contributed by atoms with Gasteiger partial charge in [-0.3, -0.25) is 0 Å². The Morgan fingerprint density at radius 1 is 0.159 bits per heavy atom. The highest BCUT2D eigenvalue weighted by molar-refractivity contribution is 7.14.